The molecule has 1 aromatic rings. The minimum absolute atomic E-state index is 0.0851. The quantitative estimate of drug-likeness (QED) is 0.497. The Balaban J connectivity index is 2.26. The van der Waals surface area contributed by atoms with Crippen LogP contribution in [0.5, 0.6) is 0 Å². The van der Waals surface area contributed by atoms with E-state index in [9.17, 15) is 14.9 Å². The highest BCUT2D eigenvalue weighted by atomic mass is 16.6. The Labute approximate surface area is 102 Å². The van der Waals surface area contributed by atoms with Crippen LogP contribution in [0.3, 0.4) is 0 Å². The first-order chi connectivity index (χ1) is 8.61. The molecule has 1 fully saturated rings. The second-order valence-corrected chi connectivity index (χ2v) is 3.78. The van der Waals surface area contributed by atoms with Crippen molar-refractivity contribution in [1.82, 2.24) is 15.3 Å². The first-order valence-electron chi connectivity index (χ1n) is 5.32. The summed E-state index contributed by atoms with van der Waals surface area (Å²) in [6.07, 6.45) is 1.50. The van der Waals surface area contributed by atoms with E-state index in [4.69, 9.17) is 0 Å². The minimum Gasteiger partial charge on any atom is -0.367 e. The van der Waals surface area contributed by atoms with Crippen molar-refractivity contribution in [2.75, 3.05) is 24.2 Å². The van der Waals surface area contributed by atoms with Crippen LogP contribution in [-0.4, -0.2) is 40.4 Å². The van der Waals surface area contributed by atoms with E-state index >= 15 is 0 Å². The SMILES string of the molecule is CNc1ncnc(NC2CNC(=O)C2)c1[N+](=O)[O-]. The van der Waals surface area contributed by atoms with Crippen LogP contribution in [0.1, 0.15) is 6.42 Å². The lowest BCUT2D eigenvalue weighted by molar-refractivity contribution is -0.383. The summed E-state index contributed by atoms with van der Waals surface area (Å²) < 4.78 is 0. The lowest BCUT2D eigenvalue weighted by Gasteiger charge is -2.11. The zero-order chi connectivity index (χ0) is 13.1. The molecule has 0 aliphatic carbocycles. The van der Waals surface area contributed by atoms with E-state index in [0.717, 1.165) is 0 Å². The second kappa shape index (κ2) is 4.82. The zero-order valence-corrected chi connectivity index (χ0v) is 9.64. The Morgan fingerprint density at radius 2 is 2.22 bits per heavy atom. The van der Waals surface area contributed by atoms with Gasteiger partial charge in [0.2, 0.25) is 17.5 Å². The van der Waals surface area contributed by atoms with Crippen molar-refractivity contribution in [2.45, 2.75) is 12.5 Å². The number of hydrogen-bond donors (Lipinski definition) is 3. The van der Waals surface area contributed by atoms with Gasteiger partial charge in [-0.15, -0.1) is 0 Å². The van der Waals surface area contributed by atoms with Gasteiger partial charge in [0.15, 0.2) is 0 Å². The number of nitrogens with zero attached hydrogens (tertiary/aromatic N) is 3. The van der Waals surface area contributed by atoms with Gasteiger partial charge in [0.05, 0.1) is 11.0 Å². The van der Waals surface area contributed by atoms with Crippen LogP contribution in [0.2, 0.25) is 0 Å². The molecule has 1 unspecified atom stereocenters. The monoisotopic (exact) mass is 252 g/mol. The number of nitrogens with one attached hydrogen (secondary N) is 3. The number of carbonyl (C=O) groups excluding carboxylic acids is 1. The first kappa shape index (κ1) is 12.0. The standard InChI is InChI=1S/C9H12N6O3/c1-10-8-7(15(17)18)9(13-4-12-8)14-5-2-6(16)11-3-5/h4-5H,2-3H2,1H3,(H,11,16)(H2,10,12,13,14). The smallest absolute Gasteiger partial charge is 0.353 e. The third kappa shape index (κ3) is 2.29. The number of hydrogen-bond acceptors (Lipinski definition) is 7. The molecule has 1 aliphatic heterocycles. The van der Waals surface area contributed by atoms with Crippen molar-refractivity contribution >= 4 is 23.2 Å². The van der Waals surface area contributed by atoms with E-state index < -0.39 is 4.92 Å². The Morgan fingerprint density at radius 3 is 2.78 bits per heavy atom. The molecule has 1 aromatic heterocycles. The van der Waals surface area contributed by atoms with Gasteiger partial charge in [0, 0.05) is 20.0 Å². The summed E-state index contributed by atoms with van der Waals surface area (Å²) >= 11 is 0. The van der Waals surface area contributed by atoms with Gasteiger partial charge in [-0.05, 0) is 0 Å². The third-order valence-electron chi connectivity index (χ3n) is 2.56. The molecule has 0 aromatic carbocycles. The van der Waals surface area contributed by atoms with Crippen molar-refractivity contribution in [3.63, 3.8) is 0 Å². The van der Waals surface area contributed by atoms with Gasteiger partial charge in [0.1, 0.15) is 6.33 Å². The summed E-state index contributed by atoms with van der Waals surface area (Å²) in [5.74, 6) is 0.161. The molecule has 0 saturated carbocycles. The number of nitro groups is 1. The predicted octanol–water partition coefficient (Wildman–Crippen LogP) is -0.273. The van der Waals surface area contributed by atoms with Crippen LogP contribution in [-0.2, 0) is 4.79 Å². The summed E-state index contributed by atoms with van der Waals surface area (Å²) in [5.41, 5.74) is -0.223. The lowest BCUT2D eigenvalue weighted by Crippen LogP contribution is -2.23. The van der Waals surface area contributed by atoms with E-state index in [2.05, 4.69) is 25.9 Å². The molecule has 0 spiro atoms. The molecular weight excluding hydrogens is 240 g/mol. The van der Waals surface area contributed by atoms with Gasteiger partial charge in [-0.25, -0.2) is 9.97 Å². The number of rotatable bonds is 4. The van der Waals surface area contributed by atoms with Crippen LogP contribution in [0.25, 0.3) is 0 Å². The highest BCUT2D eigenvalue weighted by Gasteiger charge is 2.27. The molecule has 2 heterocycles. The summed E-state index contributed by atoms with van der Waals surface area (Å²) in [5, 5.41) is 19.2. The van der Waals surface area contributed by atoms with Gasteiger partial charge in [-0.3, -0.25) is 14.9 Å². The normalized spacial score (nSPS) is 18.3. The Morgan fingerprint density at radius 1 is 1.50 bits per heavy atom. The van der Waals surface area contributed by atoms with Gasteiger partial charge >= 0.3 is 5.69 Å². The maximum Gasteiger partial charge on any atom is 0.353 e. The van der Waals surface area contributed by atoms with E-state index in [1.54, 1.807) is 7.05 Å². The zero-order valence-electron chi connectivity index (χ0n) is 9.64. The fourth-order valence-electron chi connectivity index (χ4n) is 1.74. The van der Waals surface area contributed by atoms with Crippen molar-refractivity contribution in [1.29, 1.82) is 0 Å². The van der Waals surface area contributed by atoms with Gasteiger partial charge in [-0.2, -0.15) is 0 Å². The van der Waals surface area contributed by atoms with E-state index in [1.807, 2.05) is 0 Å². The number of carbonyl (C=O) groups is 1. The van der Waals surface area contributed by atoms with Crippen LogP contribution in [0, 0.1) is 10.1 Å². The molecule has 1 saturated heterocycles. The maximum atomic E-state index is 11.1. The summed E-state index contributed by atoms with van der Waals surface area (Å²) in [6.45, 7) is 0.425. The van der Waals surface area contributed by atoms with Crippen molar-refractivity contribution in [3.05, 3.63) is 16.4 Å². The predicted molar refractivity (Wildman–Crippen MR) is 63.3 cm³/mol. The largest absolute Gasteiger partial charge is 0.367 e. The van der Waals surface area contributed by atoms with E-state index in [1.165, 1.54) is 6.33 Å². The average Bonchev–Trinajstić information content (AvgIpc) is 2.74. The Hall–Kier alpha value is -2.45. The van der Waals surface area contributed by atoms with E-state index in [0.29, 0.717) is 6.54 Å². The molecule has 2 rings (SSSR count). The fourth-order valence-corrected chi connectivity index (χ4v) is 1.74. The van der Waals surface area contributed by atoms with E-state index in [-0.39, 0.29) is 35.7 Å². The second-order valence-electron chi connectivity index (χ2n) is 3.78. The molecular formula is C9H12N6O3. The molecule has 9 heteroatoms. The summed E-state index contributed by atoms with van der Waals surface area (Å²) in [6, 6.07) is -0.198. The molecule has 0 radical (unpaired) electrons. The molecule has 3 N–H and O–H groups in total. The first-order valence-corrected chi connectivity index (χ1v) is 5.32. The molecule has 1 amide bonds. The molecule has 18 heavy (non-hydrogen) atoms. The highest BCUT2D eigenvalue weighted by molar-refractivity contribution is 5.80. The minimum atomic E-state index is -0.557. The topological polar surface area (TPSA) is 122 Å². The van der Waals surface area contributed by atoms with Crippen LogP contribution in [0.15, 0.2) is 6.33 Å². The number of amides is 1. The van der Waals surface area contributed by atoms with Gasteiger partial charge in [0.25, 0.3) is 0 Å². The molecule has 1 atom stereocenters. The summed E-state index contributed by atoms with van der Waals surface area (Å²) in [7, 11) is 1.54. The van der Waals surface area contributed by atoms with Gasteiger partial charge < -0.3 is 16.0 Å². The molecule has 0 bridgehead atoms. The number of anilines is 2. The van der Waals surface area contributed by atoms with Crippen molar-refractivity contribution in [3.8, 4) is 0 Å². The van der Waals surface area contributed by atoms with Crippen LogP contribution < -0.4 is 16.0 Å². The lowest BCUT2D eigenvalue weighted by atomic mass is 10.2. The molecule has 1 aliphatic rings. The van der Waals surface area contributed by atoms with Crippen LogP contribution >= 0.6 is 0 Å². The maximum absolute atomic E-state index is 11.1. The number of aromatic nitrogens is 2. The van der Waals surface area contributed by atoms with Crippen LogP contribution in [0.4, 0.5) is 17.3 Å². The fraction of sp³-hybridized carbons (Fsp3) is 0.444. The van der Waals surface area contributed by atoms with Gasteiger partial charge in [-0.1, -0.05) is 0 Å². The Bertz CT molecular complexity index is 491. The third-order valence-corrected chi connectivity index (χ3v) is 2.56. The summed E-state index contributed by atoms with van der Waals surface area (Å²) in [4.78, 5) is 29.1. The van der Waals surface area contributed by atoms with Crippen molar-refractivity contribution < 1.29 is 9.72 Å². The highest BCUT2D eigenvalue weighted by Crippen LogP contribution is 2.29. The molecule has 9 nitrogen and oxygen atoms in total. The van der Waals surface area contributed by atoms with Crippen molar-refractivity contribution in [2.24, 2.45) is 0 Å². The average molecular weight is 252 g/mol. The molecule has 96 valence electrons. The Kier molecular flexibility index (Phi) is 3.22.